The van der Waals surface area contributed by atoms with Crippen LogP contribution < -0.4 is 31.9 Å². The SMILES string of the molecule is CC(=O)NC1[C@H](OCCCCC(=O)CCCCCC(=O)CCOCC(CCCCC(=O)CCCCCC(=O)CCCCO[C@@H]2OC(CO)[C@H](O)[C@H](O)C2C)(COCCC(=O)NCCCNC(=O)CCCCO[C@@H]2OC(CO)[C@H](O)[C@H](O)C2NC(C)=O)NC(=O)CCCC(=O)NCCCCCCOP(=O)(O)C(C)C)OC(CO)[C@H](O)[C@@H]1O. The van der Waals surface area contributed by atoms with E-state index in [1.54, 1.807) is 20.8 Å². The Bertz CT molecular complexity index is 2790. The fourth-order valence-electron chi connectivity index (χ4n) is 13.3. The summed E-state index contributed by atoms with van der Waals surface area (Å²) in [7, 11) is -3.66. The lowest BCUT2D eigenvalue weighted by atomic mass is 9.92. The molecule has 36 nitrogen and oxygen atoms in total. The molecular weight excluding hydrogens is 1540 g/mol. The summed E-state index contributed by atoms with van der Waals surface area (Å²) in [5.74, 6) is -2.72. The number of ketones is 4. The van der Waals surface area contributed by atoms with Crippen molar-refractivity contribution in [3.63, 3.8) is 0 Å². The van der Waals surface area contributed by atoms with E-state index >= 15 is 0 Å². The molecule has 0 aliphatic carbocycles. The van der Waals surface area contributed by atoms with Crippen LogP contribution in [0.15, 0.2) is 0 Å². The van der Waals surface area contributed by atoms with E-state index < -0.39 is 148 Å². The van der Waals surface area contributed by atoms with Crippen molar-refractivity contribution < 1.29 is 146 Å². The predicted molar refractivity (Wildman–Crippen MR) is 420 cm³/mol. The van der Waals surface area contributed by atoms with E-state index in [1.807, 2.05) is 0 Å². The van der Waals surface area contributed by atoms with E-state index in [0.29, 0.717) is 141 Å². The molecule has 0 spiro atoms. The van der Waals surface area contributed by atoms with Crippen molar-refractivity contribution in [3.05, 3.63) is 0 Å². The third-order valence-electron chi connectivity index (χ3n) is 20.5. The standard InChI is InChI=1S/C79H141N6O30P/c1-53(2)116(105,106)112-45-20-7-6-19-39-80-65(96)34-24-35-67(98)85-79(38-18-14-30-57(91)26-10-8-11-27-58(92)31-15-21-42-109-76-54(3)70(99)71(100)61(48-86)113-76,51-107-46-36-60(94)29-13-9-12-28-59(93)32-16-22-43-110-77-68(83-55(4)89)74(103)72(101)62(49-87)114-77)52-108-47-37-66(97)82-41-25-40-81-64(95)33-17-23-44-111-78-69(84-56(5)90)75(104)73(102)63(50-88)115-78/h53-54,61-63,68-78,86-88,99-104H,6-52H2,1-5H3,(H,80,96)(H,81,95)(H,82,97)(H,83,89)(H,84,90)(H,85,98)(H,105,106)/t54?,61?,62?,63?,68?,69?,70-,71+,72+,73+,74-,75-,76-,77-,78-,79?/m1/s1. The zero-order valence-electron chi connectivity index (χ0n) is 69.1. The Morgan fingerprint density at radius 3 is 1.18 bits per heavy atom. The molecule has 37 heteroatoms. The molecule has 3 saturated heterocycles. The number of rotatable bonds is 68. The summed E-state index contributed by atoms with van der Waals surface area (Å²) < 4.78 is 63.6. The van der Waals surface area contributed by atoms with Crippen molar-refractivity contribution in [2.75, 3.05) is 92.3 Å². The minimum absolute atomic E-state index is 0.0216. The molecule has 672 valence electrons. The number of Topliss-reactive ketones (excluding diaryl/α,β-unsaturated/α-hetero) is 4. The molecule has 3 heterocycles. The Hall–Kier alpha value is -5.03. The number of aliphatic hydroxyl groups excluding tert-OH is 9. The van der Waals surface area contributed by atoms with Crippen LogP contribution >= 0.6 is 7.60 Å². The summed E-state index contributed by atoms with van der Waals surface area (Å²) in [6, 6.07) is -2.17. The van der Waals surface area contributed by atoms with E-state index in [2.05, 4.69) is 31.9 Å². The van der Waals surface area contributed by atoms with Gasteiger partial charge in [-0.05, 0) is 103 Å². The van der Waals surface area contributed by atoms with Crippen LogP contribution in [-0.2, 0) is 94.9 Å². The highest BCUT2D eigenvalue weighted by Gasteiger charge is 2.47. The van der Waals surface area contributed by atoms with E-state index in [0.717, 1.165) is 12.8 Å². The molecule has 3 rings (SSSR count). The van der Waals surface area contributed by atoms with Gasteiger partial charge in [-0.15, -0.1) is 0 Å². The number of unbranched alkanes of at least 4 members (excludes halogenated alkanes) is 11. The van der Waals surface area contributed by atoms with E-state index in [1.165, 1.54) is 13.8 Å². The fourth-order valence-corrected chi connectivity index (χ4v) is 14.0. The largest absolute Gasteiger partial charge is 0.394 e. The molecule has 0 saturated carbocycles. The quantitative estimate of drug-likeness (QED) is 0.0306. The van der Waals surface area contributed by atoms with Crippen LogP contribution in [-0.4, -0.2) is 299 Å². The summed E-state index contributed by atoms with van der Waals surface area (Å²) in [5.41, 5.74) is -1.74. The topological polar surface area (TPSA) is 545 Å². The monoisotopic (exact) mass is 1680 g/mol. The molecule has 6 amide bonds. The number of hydrogen-bond donors (Lipinski definition) is 16. The van der Waals surface area contributed by atoms with Crippen LogP contribution in [0.4, 0.5) is 0 Å². The summed E-state index contributed by atoms with van der Waals surface area (Å²) in [6.45, 7) is 6.81. The number of aliphatic hydroxyl groups is 9. The molecule has 0 aromatic heterocycles. The summed E-state index contributed by atoms with van der Waals surface area (Å²) >= 11 is 0. The van der Waals surface area contributed by atoms with Crippen molar-refractivity contribution in [2.45, 2.75) is 344 Å². The molecule has 0 bridgehead atoms. The Morgan fingerprint density at radius 2 is 0.733 bits per heavy atom. The van der Waals surface area contributed by atoms with Crippen molar-refractivity contribution >= 4 is 66.2 Å². The second-order valence-electron chi connectivity index (χ2n) is 31.0. The first-order valence-corrected chi connectivity index (χ1v) is 43.6. The zero-order valence-corrected chi connectivity index (χ0v) is 70.0. The van der Waals surface area contributed by atoms with E-state index in [-0.39, 0.29) is 171 Å². The molecule has 3 aliphatic heterocycles. The van der Waals surface area contributed by atoms with Gasteiger partial charge in [-0.3, -0.25) is 52.5 Å². The number of carbonyl (C=O) groups excluding carboxylic acids is 10. The van der Waals surface area contributed by atoms with Crippen LogP contribution in [0.25, 0.3) is 0 Å². The van der Waals surface area contributed by atoms with Crippen molar-refractivity contribution in [1.29, 1.82) is 0 Å². The lowest BCUT2D eigenvalue weighted by Crippen LogP contribution is -2.64. The van der Waals surface area contributed by atoms with Crippen LogP contribution in [0.3, 0.4) is 0 Å². The second kappa shape index (κ2) is 60.5. The summed E-state index contributed by atoms with van der Waals surface area (Å²) in [5, 5.41) is 107. The Balaban J connectivity index is 1.58. The second-order valence-corrected chi connectivity index (χ2v) is 33.4. The first-order valence-electron chi connectivity index (χ1n) is 41.9. The third-order valence-corrected chi connectivity index (χ3v) is 22.4. The van der Waals surface area contributed by atoms with Gasteiger partial charge in [-0.1, -0.05) is 52.9 Å². The normalized spacial score (nSPS) is 24.5. The number of nitrogens with one attached hydrogen (secondary N) is 6. The molecule has 3 aliphatic rings. The molecular formula is C79H141N6O30P. The third kappa shape index (κ3) is 44.0. The van der Waals surface area contributed by atoms with E-state index in [9.17, 15) is 103 Å². The van der Waals surface area contributed by atoms with Crippen LogP contribution in [0, 0.1) is 5.92 Å². The predicted octanol–water partition coefficient (Wildman–Crippen LogP) is 2.00. The molecule has 3 fully saturated rings. The number of ether oxygens (including phenoxy) is 8. The number of hydrogen-bond acceptors (Lipinski definition) is 29. The van der Waals surface area contributed by atoms with Gasteiger partial charge in [0.25, 0.3) is 0 Å². The minimum Gasteiger partial charge on any atom is -0.394 e. The van der Waals surface area contributed by atoms with Gasteiger partial charge in [-0.2, -0.15) is 0 Å². The minimum atomic E-state index is -3.66. The maximum Gasteiger partial charge on any atom is 0.330 e. The fraction of sp³-hybridized carbons (Fsp3) is 0.873. The van der Waals surface area contributed by atoms with Gasteiger partial charge < -0.3 is 125 Å². The van der Waals surface area contributed by atoms with Gasteiger partial charge in [0, 0.05) is 136 Å². The van der Waals surface area contributed by atoms with Gasteiger partial charge in [0.15, 0.2) is 18.9 Å². The molecule has 16 N–H and O–H groups in total. The molecule has 17 atom stereocenters. The van der Waals surface area contributed by atoms with Crippen molar-refractivity contribution in [2.24, 2.45) is 5.92 Å². The smallest absolute Gasteiger partial charge is 0.330 e. The molecule has 0 aromatic rings. The summed E-state index contributed by atoms with van der Waals surface area (Å²) in [6.07, 6.45) is -1.56. The summed E-state index contributed by atoms with van der Waals surface area (Å²) in [4.78, 5) is 138. The lowest BCUT2D eigenvalue weighted by molar-refractivity contribution is -0.282. The average Bonchev–Trinajstić information content (AvgIpc) is 0.813. The zero-order chi connectivity index (χ0) is 85.9. The van der Waals surface area contributed by atoms with Gasteiger partial charge in [0.05, 0.1) is 70.2 Å². The van der Waals surface area contributed by atoms with Crippen molar-refractivity contribution in [1.82, 2.24) is 31.9 Å². The number of carbonyl (C=O) groups is 10. The average molecular weight is 1690 g/mol. The highest BCUT2D eigenvalue weighted by molar-refractivity contribution is 7.53. The maximum absolute atomic E-state index is 14.0. The van der Waals surface area contributed by atoms with Gasteiger partial charge >= 0.3 is 7.60 Å². The maximum atomic E-state index is 14.0. The Morgan fingerprint density at radius 1 is 0.388 bits per heavy atom. The van der Waals surface area contributed by atoms with Gasteiger partial charge in [0.2, 0.25) is 35.4 Å². The highest BCUT2D eigenvalue weighted by atomic mass is 31.2. The molecule has 8 unspecified atom stereocenters. The first-order chi connectivity index (χ1) is 55.4. The molecule has 116 heavy (non-hydrogen) atoms. The number of amides is 6. The highest BCUT2D eigenvalue weighted by Crippen LogP contribution is 2.47. The first kappa shape index (κ1) is 105. The molecule has 0 radical (unpaired) electrons. The van der Waals surface area contributed by atoms with Crippen molar-refractivity contribution in [3.8, 4) is 0 Å². The molecule has 0 aromatic carbocycles. The van der Waals surface area contributed by atoms with Crippen LogP contribution in [0.1, 0.15) is 247 Å². The Kier molecular flexibility index (Phi) is 54.8. The lowest BCUT2D eigenvalue weighted by Gasteiger charge is -2.42. The van der Waals surface area contributed by atoms with Gasteiger partial charge in [-0.25, -0.2) is 0 Å². The van der Waals surface area contributed by atoms with E-state index in [4.69, 9.17) is 42.4 Å². The van der Waals surface area contributed by atoms with Crippen LogP contribution in [0.2, 0.25) is 0 Å². The van der Waals surface area contributed by atoms with Gasteiger partial charge in [0.1, 0.15) is 84.0 Å². The van der Waals surface area contributed by atoms with Crippen LogP contribution in [0.5, 0.6) is 0 Å². The Labute approximate surface area is 683 Å².